The van der Waals surface area contributed by atoms with E-state index in [4.69, 9.17) is 15.6 Å². The monoisotopic (exact) mass is 500 g/mol. The molecule has 2 aliphatic rings. The van der Waals surface area contributed by atoms with Crippen LogP contribution in [0.5, 0.6) is 5.75 Å². The van der Waals surface area contributed by atoms with Crippen molar-refractivity contribution in [2.45, 2.75) is 25.4 Å². The summed E-state index contributed by atoms with van der Waals surface area (Å²) in [6.45, 7) is 0.154. The van der Waals surface area contributed by atoms with E-state index in [1.54, 1.807) is 18.2 Å². The van der Waals surface area contributed by atoms with E-state index in [-0.39, 0.29) is 41.3 Å². The van der Waals surface area contributed by atoms with E-state index in [1.807, 2.05) is 0 Å². The summed E-state index contributed by atoms with van der Waals surface area (Å²) in [6, 6.07) is 13.9. The molecule has 0 saturated heterocycles. The summed E-state index contributed by atoms with van der Waals surface area (Å²) in [5, 5.41) is 14.6. The van der Waals surface area contributed by atoms with Crippen molar-refractivity contribution in [3.63, 3.8) is 0 Å². The summed E-state index contributed by atoms with van der Waals surface area (Å²) in [6.07, 6.45) is 4.70. The summed E-state index contributed by atoms with van der Waals surface area (Å²) >= 11 is 0. The van der Waals surface area contributed by atoms with Gasteiger partial charge >= 0.3 is 5.97 Å². The molecule has 0 bridgehead atoms. The minimum absolute atomic E-state index is 0.0265. The maximum Gasteiger partial charge on any atom is 0.339 e. The van der Waals surface area contributed by atoms with Crippen molar-refractivity contribution in [2.75, 3.05) is 11.9 Å². The predicted octanol–water partition coefficient (Wildman–Crippen LogP) is 2.55. The number of hydrogen-bond acceptors (Lipinski definition) is 7. The third-order valence-electron chi connectivity index (χ3n) is 6.22. The van der Waals surface area contributed by atoms with Gasteiger partial charge in [0.1, 0.15) is 23.2 Å². The first kappa shape index (κ1) is 23.9. The van der Waals surface area contributed by atoms with E-state index < -0.39 is 11.9 Å². The number of benzene rings is 2. The first-order chi connectivity index (χ1) is 17.9. The van der Waals surface area contributed by atoms with Crippen LogP contribution in [0, 0.1) is 0 Å². The summed E-state index contributed by atoms with van der Waals surface area (Å²) in [5.74, 6) is -1.31. The number of carbonyl (C=O) groups is 3. The minimum Gasteiger partial charge on any atom is -0.482 e. The van der Waals surface area contributed by atoms with E-state index in [2.05, 4.69) is 49.9 Å². The van der Waals surface area contributed by atoms with Crippen LogP contribution in [0.1, 0.15) is 50.0 Å². The molecule has 6 rings (SSSR count). The number of carboxylic acids is 1. The number of aromatic nitrogens is 3. The first-order valence-electron chi connectivity index (χ1n) is 11.6. The van der Waals surface area contributed by atoms with Gasteiger partial charge in [0, 0.05) is 18.8 Å². The number of nitrogens with zero attached hydrogens (tertiary/aromatic N) is 2. The molecule has 1 aliphatic heterocycles. The molecule has 0 unspecified atom stereocenters. The van der Waals surface area contributed by atoms with Crippen molar-refractivity contribution in [2.24, 2.45) is 5.73 Å². The van der Waals surface area contributed by atoms with Gasteiger partial charge in [-0.05, 0) is 41.7 Å². The lowest BCUT2D eigenvalue weighted by molar-refractivity contribution is -0.118. The van der Waals surface area contributed by atoms with Gasteiger partial charge in [-0.25, -0.2) is 14.8 Å². The van der Waals surface area contributed by atoms with E-state index >= 15 is 0 Å². The zero-order valence-electron chi connectivity index (χ0n) is 19.7. The van der Waals surface area contributed by atoms with Gasteiger partial charge in [-0.1, -0.05) is 30.3 Å². The topological polar surface area (TPSA) is 172 Å². The fourth-order valence-electron chi connectivity index (χ4n) is 4.37. The van der Waals surface area contributed by atoms with Crippen LogP contribution in [-0.2, 0) is 17.8 Å². The highest BCUT2D eigenvalue weighted by molar-refractivity contribution is 6.08. The highest BCUT2D eigenvalue weighted by atomic mass is 16.5. The fourth-order valence-corrected chi connectivity index (χ4v) is 4.37. The Morgan fingerprint density at radius 3 is 2.84 bits per heavy atom. The second-order valence-electron chi connectivity index (χ2n) is 8.65. The molecule has 0 radical (unpaired) electrons. The van der Waals surface area contributed by atoms with Crippen molar-refractivity contribution in [1.29, 1.82) is 0 Å². The SMILES string of the molecule is N[C@H]1CCc2ccccc21.O=C1COc2ccc(CNC(=O)c3ncnc4c(C(=O)O)c[nH]c34)cc2N1. The highest BCUT2D eigenvalue weighted by Gasteiger charge is 2.20. The van der Waals surface area contributed by atoms with Crippen LogP contribution in [-0.4, -0.2) is 44.4 Å². The molecular weight excluding hydrogens is 476 g/mol. The Labute approximate surface area is 211 Å². The number of nitrogens with one attached hydrogen (secondary N) is 3. The normalized spacial score (nSPS) is 15.5. The Balaban J connectivity index is 0.000000233. The maximum absolute atomic E-state index is 12.5. The molecule has 188 valence electrons. The molecule has 2 aromatic heterocycles. The first-order valence-corrected chi connectivity index (χ1v) is 11.6. The lowest BCUT2D eigenvalue weighted by Gasteiger charge is -2.18. The van der Waals surface area contributed by atoms with Crippen LogP contribution in [0.3, 0.4) is 0 Å². The number of H-pyrrole nitrogens is 1. The van der Waals surface area contributed by atoms with Crippen LogP contribution < -0.4 is 21.1 Å². The number of rotatable bonds is 4. The molecule has 37 heavy (non-hydrogen) atoms. The minimum atomic E-state index is -1.15. The number of nitrogens with two attached hydrogens (primary N) is 1. The van der Waals surface area contributed by atoms with E-state index in [9.17, 15) is 14.4 Å². The van der Waals surface area contributed by atoms with Crippen molar-refractivity contribution in [3.05, 3.63) is 82.9 Å². The molecule has 1 aliphatic carbocycles. The molecular formula is C26H24N6O5. The zero-order valence-corrected chi connectivity index (χ0v) is 19.7. The van der Waals surface area contributed by atoms with Crippen LogP contribution in [0.4, 0.5) is 5.69 Å². The summed E-state index contributed by atoms with van der Waals surface area (Å²) in [5.41, 5.74) is 10.3. The lowest BCUT2D eigenvalue weighted by atomic mass is 10.1. The molecule has 3 heterocycles. The van der Waals surface area contributed by atoms with Crippen LogP contribution in [0.2, 0.25) is 0 Å². The average Bonchev–Trinajstić information content (AvgIpc) is 3.51. The smallest absolute Gasteiger partial charge is 0.339 e. The Bertz CT molecular complexity index is 1510. The van der Waals surface area contributed by atoms with Gasteiger partial charge in [0.2, 0.25) is 0 Å². The van der Waals surface area contributed by atoms with E-state index in [0.29, 0.717) is 17.5 Å². The molecule has 2 amide bonds. The van der Waals surface area contributed by atoms with E-state index in [0.717, 1.165) is 24.7 Å². The molecule has 0 spiro atoms. The maximum atomic E-state index is 12.5. The largest absolute Gasteiger partial charge is 0.482 e. The Morgan fingerprint density at radius 2 is 2.03 bits per heavy atom. The van der Waals surface area contributed by atoms with Crippen molar-refractivity contribution in [3.8, 4) is 5.75 Å². The third-order valence-corrected chi connectivity index (χ3v) is 6.22. The van der Waals surface area contributed by atoms with Gasteiger partial charge in [0.05, 0.1) is 11.2 Å². The molecule has 4 aromatic rings. The molecule has 0 saturated carbocycles. The lowest BCUT2D eigenvalue weighted by Crippen LogP contribution is -2.26. The Morgan fingerprint density at radius 1 is 1.19 bits per heavy atom. The van der Waals surface area contributed by atoms with Crippen molar-refractivity contribution < 1.29 is 24.2 Å². The molecule has 2 aromatic carbocycles. The van der Waals surface area contributed by atoms with Gasteiger partial charge in [0.15, 0.2) is 12.3 Å². The van der Waals surface area contributed by atoms with Crippen molar-refractivity contribution >= 4 is 34.5 Å². The zero-order chi connectivity index (χ0) is 25.9. The van der Waals surface area contributed by atoms with Crippen molar-refractivity contribution in [1.82, 2.24) is 20.3 Å². The highest BCUT2D eigenvalue weighted by Crippen LogP contribution is 2.29. The number of carbonyl (C=O) groups excluding carboxylic acids is 2. The number of amides is 2. The van der Waals surface area contributed by atoms with Gasteiger partial charge in [-0.2, -0.15) is 0 Å². The third kappa shape index (κ3) is 4.98. The molecule has 11 heteroatoms. The average molecular weight is 501 g/mol. The standard InChI is InChI=1S/C17H13N5O5.C9H11N/c23-12-6-27-11-2-1-8(3-10(11)22-12)4-19-16(24)15-14-13(20-7-21-15)9(5-18-14)17(25)26;10-9-6-5-7-3-1-2-4-8(7)9/h1-3,5,7,18H,4,6H2,(H,19,24)(H,22,23)(H,25,26);1-4,9H,5-6,10H2/t;9-/m.0/s1. The second kappa shape index (κ2) is 10.1. The Hall–Kier alpha value is -4.77. The number of aryl methyl sites for hydroxylation is 1. The van der Waals surface area contributed by atoms with Crippen LogP contribution in [0.25, 0.3) is 11.0 Å². The predicted molar refractivity (Wildman–Crippen MR) is 134 cm³/mol. The quantitative estimate of drug-likeness (QED) is 0.284. The fraction of sp³-hybridized carbons (Fsp3) is 0.192. The summed E-state index contributed by atoms with van der Waals surface area (Å²) in [4.78, 5) is 45.7. The molecule has 1 atom stereocenters. The molecule has 0 fully saturated rings. The van der Waals surface area contributed by atoms with Gasteiger partial charge in [-0.3, -0.25) is 9.59 Å². The number of aromatic carboxylic acids is 1. The number of carboxylic acid groups (broad SMARTS) is 1. The number of fused-ring (bicyclic) bond motifs is 3. The number of anilines is 1. The Kier molecular flexibility index (Phi) is 6.52. The molecule has 6 N–H and O–H groups in total. The van der Waals surface area contributed by atoms with Crippen LogP contribution in [0.15, 0.2) is 55.0 Å². The van der Waals surface area contributed by atoms with Crippen LogP contribution >= 0.6 is 0 Å². The van der Waals surface area contributed by atoms with E-state index in [1.165, 1.54) is 17.3 Å². The summed E-state index contributed by atoms with van der Waals surface area (Å²) in [7, 11) is 0. The number of hydrogen-bond donors (Lipinski definition) is 5. The van der Waals surface area contributed by atoms with Gasteiger partial charge in [-0.15, -0.1) is 0 Å². The van der Waals surface area contributed by atoms with Gasteiger partial charge in [0.25, 0.3) is 11.8 Å². The van der Waals surface area contributed by atoms with Gasteiger partial charge < -0.3 is 31.2 Å². The second-order valence-corrected chi connectivity index (χ2v) is 8.65. The molecule has 11 nitrogen and oxygen atoms in total. The number of ether oxygens (including phenoxy) is 1. The number of aromatic amines is 1. The summed E-state index contributed by atoms with van der Waals surface area (Å²) < 4.78 is 5.29.